The van der Waals surface area contributed by atoms with Crippen LogP contribution in [0.1, 0.15) is 11.9 Å². The lowest BCUT2D eigenvalue weighted by Crippen LogP contribution is -2.15. The van der Waals surface area contributed by atoms with Crippen LogP contribution in [-0.4, -0.2) is 32.0 Å². The van der Waals surface area contributed by atoms with Crippen molar-refractivity contribution >= 4 is 0 Å². The van der Waals surface area contributed by atoms with Crippen LogP contribution in [0.4, 0.5) is 0 Å². The zero-order chi connectivity index (χ0) is 12.0. The van der Waals surface area contributed by atoms with Crippen LogP contribution in [0.5, 0.6) is 5.75 Å². The van der Waals surface area contributed by atoms with Gasteiger partial charge in [0.2, 0.25) is 0 Å². The Morgan fingerprint density at radius 1 is 1.25 bits per heavy atom. The van der Waals surface area contributed by atoms with Crippen LogP contribution in [0.25, 0.3) is 0 Å². The molecule has 0 bridgehead atoms. The molecule has 0 saturated carbocycles. The molecule has 0 heterocycles. The van der Waals surface area contributed by atoms with Gasteiger partial charge in [-0.05, 0) is 13.0 Å². The molecule has 0 saturated heterocycles. The summed E-state index contributed by atoms with van der Waals surface area (Å²) in [5.74, 6) is 0.624. The lowest BCUT2D eigenvalue weighted by atomic mass is 10.2. The Hall–Kier alpha value is -1.10. The van der Waals surface area contributed by atoms with Crippen molar-refractivity contribution in [3.8, 4) is 5.75 Å². The van der Waals surface area contributed by atoms with Gasteiger partial charge in [-0.1, -0.05) is 18.2 Å². The van der Waals surface area contributed by atoms with E-state index in [0.29, 0.717) is 5.75 Å². The summed E-state index contributed by atoms with van der Waals surface area (Å²) >= 11 is 0. The van der Waals surface area contributed by atoms with E-state index in [1.54, 1.807) is 20.3 Å². The fraction of sp³-hybridized carbons (Fsp3) is 0.417. The highest BCUT2D eigenvalue weighted by Gasteiger charge is 2.14. The van der Waals surface area contributed by atoms with Crippen LogP contribution < -0.4 is 4.74 Å². The minimum Gasteiger partial charge on any atom is -0.490 e. The first-order valence-corrected chi connectivity index (χ1v) is 4.97. The van der Waals surface area contributed by atoms with Crippen LogP contribution in [0, 0.1) is 6.92 Å². The number of benzene rings is 1. The summed E-state index contributed by atoms with van der Waals surface area (Å²) < 4.78 is 15.7. The van der Waals surface area contributed by atoms with E-state index in [4.69, 9.17) is 19.3 Å². The van der Waals surface area contributed by atoms with Gasteiger partial charge in [0.15, 0.2) is 6.29 Å². The van der Waals surface area contributed by atoms with Gasteiger partial charge in [0, 0.05) is 19.8 Å². The molecule has 1 radical (unpaired) electrons. The molecular weight excluding hydrogens is 208 g/mol. The summed E-state index contributed by atoms with van der Waals surface area (Å²) in [6.45, 7) is 3.57. The second kappa shape index (κ2) is 6.48. The van der Waals surface area contributed by atoms with Gasteiger partial charge in [0.1, 0.15) is 12.4 Å². The lowest BCUT2D eigenvalue weighted by molar-refractivity contribution is -0.107. The quantitative estimate of drug-likeness (QED) is 0.746. The normalized spacial score (nSPS) is 12.8. The van der Waals surface area contributed by atoms with Gasteiger partial charge in [-0.15, -0.1) is 0 Å². The first-order chi connectivity index (χ1) is 7.69. The van der Waals surface area contributed by atoms with Crippen molar-refractivity contribution in [1.29, 1.82) is 0 Å². The maximum absolute atomic E-state index is 9.06. The van der Waals surface area contributed by atoms with Crippen molar-refractivity contribution < 1.29 is 19.3 Å². The molecule has 0 aromatic heterocycles. The molecule has 1 rings (SSSR count). The Morgan fingerprint density at radius 3 is 2.44 bits per heavy atom. The SMILES string of the molecule is [CH2]C(O)COc1ccccc1C(OC)OC. The van der Waals surface area contributed by atoms with Gasteiger partial charge in [0.05, 0.1) is 6.10 Å². The number of aliphatic hydroxyl groups excluding tert-OH is 1. The van der Waals surface area contributed by atoms with Gasteiger partial charge >= 0.3 is 0 Å². The lowest BCUT2D eigenvalue weighted by Gasteiger charge is -2.18. The van der Waals surface area contributed by atoms with Crippen molar-refractivity contribution in [1.82, 2.24) is 0 Å². The maximum atomic E-state index is 9.06. The van der Waals surface area contributed by atoms with E-state index in [9.17, 15) is 0 Å². The standard InChI is InChI=1S/C12H17O4/c1-9(13)8-16-11-7-5-4-6-10(11)12(14-2)15-3/h4-7,9,12-13H,1,8H2,2-3H3. The van der Waals surface area contributed by atoms with Crippen LogP contribution in [0.2, 0.25) is 0 Å². The summed E-state index contributed by atoms with van der Waals surface area (Å²) in [4.78, 5) is 0. The number of aliphatic hydroxyl groups is 1. The Labute approximate surface area is 95.8 Å². The summed E-state index contributed by atoms with van der Waals surface area (Å²) in [7, 11) is 3.11. The van der Waals surface area contributed by atoms with Gasteiger partial charge in [-0.3, -0.25) is 0 Å². The van der Waals surface area contributed by atoms with Crippen molar-refractivity contribution in [3.63, 3.8) is 0 Å². The van der Waals surface area contributed by atoms with Crippen molar-refractivity contribution in [2.45, 2.75) is 12.4 Å². The molecule has 1 aromatic carbocycles. The monoisotopic (exact) mass is 225 g/mol. The third-order valence-corrected chi connectivity index (χ3v) is 2.03. The molecule has 89 valence electrons. The van der Waals surface area contributed by atoms with Crippen LogP contribution >= 0.6 is 0 Å². The largest absolute Gasteiger partial charge is 0.490 e. The Bertz CT molecular complexity index is 308. The molecule has 4 nitrogen and oxygen atoms in total. The number of hydrogen-bond donors (Lipinski definition) is 1. The fourth-order valence-corrected chi connectivity index (χ4v) is 1.34. The van der Waals surface area contributed by atoms with Gasteiger partial charge in [-0.25, -0.2) is 0 Å². The summed E-state index contributed by atoms with van der Waals surface area (Å²) in [6.07, 6.45) is -1.23. The summed E-state index contributed by atoms with van der Waals surface area (Å²) in [5, 5.41) is 9.06. The number of hydrogen-bond acceptors (Lipinski definition) is 4. The number of rotatable bonds is 6. The minimum atomic E-state index is -0.753. The number of methoxy groups -OCH3 is 2. The minimum absolute atomic E-state index is 0.136. The third-order valence-electron chi connectivity index (χ3n) is 2.03. The topological polar surface area (TPSA) is 47.9 Å². The molecule has 0 amide bonds. The van der Waals surface area contributed by atoms with E-state index in [-0.39, 0.29) is 6.61 Å². The molecule has 1 atom stereocenters. The fourth-order valence-electron chi connectivity index (χ4n) is 1.34. The van der Waals surface area contributed by atoms with Crippen molar-refractivity contribution in [2.24, 2.45) is 0 Å². The molecule has 1 aromatic rings. The van der Waals surface area contributed by atoms with Gasteiger partial charge in [-0.2, -0.15) is 0 Å². The molecule has 0 aliphatic carbocycles. The Morgan fingerprint density at radius 2 is 1.88 bits per heavy atom. The predicted octanol–water partition coefficient (Wildman–Crippen LogP) is 1.55. The van der Waals surface area contributed by atoms with E-state index in [0.717, 1.165) is 5.56 Å². The maximum Gasteiger partial charge on any atom is 0.186 e. The first-order valence-electron chi connectivity index (χ1n) is 4.97. The molecule has 0 aliphatic rings. The highest BCUT2D eigenvalue weighted by atomic mass is 16.7. The number of ether oxygens (including phenoxy) is 3. The van der Waals surface area contributed by atoms with Crippen LogP contribution in [-0.2, 0) is 9.47 Å². The van der Waals surface area contributed by atoms with E-state index >= 15 is 0 Å². The van der Waals surface area contributed by atoms with Crippen LogP contribution in [0.3, 0.4) is 0 Å². The third kappa shape index (κ3) is 3.48. The van der Waals surface area contributed by atoms with Crippen molar-refractivity contribution in [3.05, 3.63) is 36.8 Å². The van der Waals surface area contributed by atoms with E-state index in [2.05, 4.69) is 6.92 Å². The average molecular weight is 225 g/mol. The Balaban J connectivity index is 2.82. The summed E-state index contributed by atoms with van der Waals surface area (Å²) in [6, 6.07) is 7.36. The average Bonchev–Trinajstić information content (AvgIpc) is 2.29. The molecule has 4 heteroatoms. The smallest absolute Gasteiger partial charge is 0.186 e. The predicted molar refractivity (Wildman–Crippen MR) is 60.1 cm³/mol. The molecule has 16 heavy (non-hydrogen) atoms. The molecule has 1 unspecified atom stereocenters. The molecule has 1 N–H and O–H groups in total. The molecule has 0 spiro atoms. The molecule has 0 fully saturated rings. The summed E-state index contributed by atoms with van der Waals surface area (Å²) in [5.41, 5.74) is 0.785. The number of para-hydroxylation sites is 1. The molecular formula is C12H17O4. The first kappa shape index (κ1) is 13.0. The second-order valence-corrected chi connectivity index (χ2v) is 3.31. The highest BCUT2D eigenvalue weighted by molar-refractivity contribution is 5.34. The zero-order valence-electron chi connectivity index (χ0n) is 9.55. The second-order valence-electron chi connectivity index (χ2n) is 3.31. The van der Waals surface area contributed by atoms with Gasteiger partial charge in [0.25, 0.3) is 0 Å². The van der Waals surface area contributed by atoms with E-state index in [1.807, 2.05) is 18.2 Å². The molecule has 0 aliphatic heterocycles. The zero-order valence-corrected chi connectivity index (χ0v) is 9.55. The van der Waals surface area contributed by atoms with Gasteiger partial charge < -0.3 is 19.3 Å². The van der Waals surface area contributed by atoms with Crippen molar-refractivity contribution in [2.75, 3.05) is 20.8 Å². The van der Waals surface area contributed by atoms with E-state index in [1.165, 1.54) is 0 Å². The van der Waals surface area contributed by atoms with E-state index < -0.39 is 12.4 Å². The van der Waals surface area contributed by atoms with Crippen LogP contribution in [0.15, 0.2) is 24.3 Å². The Kier molecular flexibility index (Phi) is 5.25. The highest BCUT2D eigenvalue weighted by Crippen LogP contribution is 2.27.